The molecule has 4 aromatic rings. The number of pyridine rings is 2. The second kappa shape index (κ2) is 7.11. The summed E-state index contributed by atoms with van der Waals surface area (Å²) in [6.45, 7) is 1.47. The van der Waals surface area contributed by atoms with Crippen molar-refractivity contribution >= 4 is 22.5 Å². The molecule has 28 heavy (non-hydrogen) atoms. The highest BCUT2D eigenvalue weighted by atomic mass is 16.5. The van der Waals surface area contributed by atoms with E-state index in [0.717, 1.165) is 33.4 Å². The van der Waals surface area contributed by atoms with Crippen molar-refractivity contribution in [2.24, 2.45) is 7.05 Å². The quantitative estimate of drug-likeness (QED) is 0.590. The van der Waals surface area contributed by atoms with Gasteiger partial charge in [0.05, 0.1) is 35.9 Å². The summed E-state index contributed by atoms with van der Waals surface area (Å²) in [5.74, 6) is 0.377. The van der Waals surface area contributed by atoms with Crippen molar-refractivity contribution in [3.8, 4) is 28.3 Å². The Labute approximate surface area is 162 Å². The molecular formula is C21H19N5O2. The molecule has 0 bridgehead atoms. The Hall–Kier alpha value is -3.74. The van der Waals surface area contributed by atoms with Gasteiger partial charge in [-0.15, -0.1) is 0 Å². The molecular weight excluding hydrogens is 354 g/mol. The smallest absolute Gasteiger partial charge is 0.221 e. The molecule has 0 aliphatic heterocycles. The third-order valence-electron chi connectivity index (χ3n) is 4.38. The first-order valence-corrected chi connectivity index (χ1v) is 8.76. The Bertz CT molecular complexity index is 1170. The number of rotatable bonds is 4. The number of carbonyl (C=O) groups is 1. The summed E-state index contributed by atoms with van der Waals surface area (Å²) in [5, 5.41) is 7.94. The second-order valence-corrected chi connectivity index (χ2v) is 6.42. The molecule has 1 amide bonds. The molecule has 0 saturated heterocycles. The molecule has 0 fully saturated rings. The Morgan fingerprint density at radius 3 is 2.68 bits per heavy atom. The van der Waals surface area contributed by atoms with Crippen LogP contribution < -0.4 is 10.1 Å². The summed E-state index contributed by atoms with van der Waals surface area (Å²) in [7, 11) is 3.43. The molecule has 0 radical (unpaired) electrons. The van der Waals surface area contributed by atoms with E-state index >= 15 is 0 Å². The van der Waals surface area contributed by atoms with Crippen LogP contribution in [-0.4, -0.2) is 32.8 Å². The van der Waals surface area contributed by atoms with E-state index in [0.29, 0.717) is 11.4 Å². The van der Waals surface area contributed by atoms with Gasteiger partial charge in [0.1, 0.15) is 5.75 Å². The van der Waals surface area contributed by atoms with E-state index < -0.39 is 0 Å². The van der Waals surface area contributed by atoms with Crippen LogP contribution in [0, 0.1) is 0 Å². The maximum absolute atomic E-state index is 11.6. The molecule has 140 valence electrons. The Morgan fingerprint density at radius 2 is 2.04 bits per heavy atom. The van der Waals surface area contributed by atoms with Crippen LogP contribution in [-0.2, 0) is 11.8 Å². The second-order valence-electron chi connectivity index (χ2n) is 6.42. The van der Waals surface area contributed by atoms with Crippen LogP contribution >= 0.6 is 0 Å². The highest BCUT2D eigenvalue weighted by Crippen LogP contribution is 2.36. The van der Waals surface area contributed by atoms with Crippen LogP contribution in [0.2, 0.25) is 0 Å². The Balaban J connectivity index is 2.02. The van der Waals surface area contributed by atoms with Gasteiger partial charge in [0.2, 0.25) is 5.91 Å². The van der Waals surface area contributed by atoms with Gasteiger partial charge >= 0.3 is 0 Å². The van der Waals surface area contributed by atoms with Crippen molar-refractivity contribution < 1.29 is 9.53 Å². The van der Waals surface area contributed by atoms with Crippen molar-refractivity contribution in [1.29, 1.82) is 0 Å². The normalized spacial score (nSPS) is 10.8. The van der Waals surface area contributed by atoms with Crippen LogP contribution in [0.5, 0.6) is 5.75 Å². The maximum atomic E-state index is 11.6. The summed E-state index contributed by atoms with van der Waals surface area (Å²) in [5.41, 5.74) is 4.77. The number of hydrogen-bond acceptors (Lipinski definition) is 5. The topological polar surface area (TPSA) is 81.9 Å². The minimum Gasteiger partial charge on any atom is -0.494 e. The number of carbonyl (C=O) groups excluding carboxylic acids is 1. The van der Waals surface area contributed by atoms with Crippen LogP contribution in [0.25, 0.3) is 33.4 Å². The molecule has 3 aromatic heterocycles. The van der Waals surface area contributed by atoms with Crippen LogP contribution in [0.3, 0.4) is 0 Å². The van der Waals surface area contributed by atoms with E-state index in [9.17, 15) is 4.79 Å². The first-order valence-electron chi connectivity index (χ1n) is 8.76. The van der Waals surface area contributed by atoms with Gasteiger partial charge in [0, 0.05) is 48.9 Å². The van der Waals surface area contributed by atoms with E-state index in [4.69, 9.17) is 9.72 Å². The van der Waals surface area contributed by atoms with Crippen LogP contribution in [0.4, 0.5) is 5.69 Å². The molecule has 1 aromatic carbocycles. The number of methoxy groups -OCH3 is 1. The van der Waals surface area contributed by atoms with Gasteiger partial charge in [-0.3, -0.25) is 14.5 Å². The molecule has 0 saturated carbocycles. The van der Waals surface area contributed by atoms with E-state index in [1.54, 1.807) is 24.2 Å². The summed E-state index contributed by atoms with van der Waals surface area (Å²) < 4.78 is 7.20. The zero-order chi connectivity index (χ0) is 19.7. The lowest BCUT2D eigenvalue weighted by Crippen LogP contribution is -2.07. The van der Waals surface area contributed by atoms with Crippen molar-refractivity contribution in [2.45, 2.75) is 6.92 Å². The largest absolute Gasteiger partial charge is 0.494 e. The number of nitrogens with one attached hydrogen (secondary N) is 1. The molecule has 0 atom stereocenters. The number of aromatic nitrogens is 4. The molecule has 4 rings (SSSR count). The molecule has 0 aliphatic rings. The molecule has 7 heteroatoms. The number of anilines is 1. The lowest BCUT2D eigenvalue weighted by Gasteiger charge is -2.14. The van der Waals surface area contributed by atoms with Gasteiger partial charge in [-0.2, -0.15) is 5.10 Å². The SMILES string of the molecule is COc1cc2nc(-c3cnn(C)c3)cc(-c3ccccn3)c2cc1NC(C)=O. The number of aryl methyl sites for hydroxylation is 1. The van der Waals surface area contributed by atoms with Crippen molar-refractivity contribution in [2.75, 3.05) is 12.4 Å². The number of hydrogen-bond donors (Lipinski definition) is 1. The molecule has 0 spiro atoms. The standard InChI is InChI=1S/C21H19N5O2/c1-13(27)24-20-9-16-15(17-6-4-5-7-22-17)8-18(14-11-23-26(2)12-14)25-19(16)10-21(20)28-3/h4-12H,1-3H3,(H,24,27). The number of nitrogens with zero attached hydrogens (tertiary/aromatic N) is 4. The zero-order valence-corrected chi connectivity index (χ0v) is 15.8. The van der Waals surface area contributed by atoms with Gasteiger partial charge in [-0.25, -0.2) is 4.98 Å². The van der Waals surface area contributed by atoms with Crippen LogP contribution in [0.15, 0.2) is 55.0 Å². The van der Waals surface area contributed by atoms with E-state index in [1.807, 2.05) is 49.6 Å². The third kappa shape index (κ3) is 3.29. The lowest BCUT2D eigenvalue weighted by molar-refractivity contribution is -0.114. The summed E-state index contributed by atoms with van der Waals surface area (Å²) in [6, 6.07) is 11.5. The monoisotopic (exact) mass is 373 g/mol. The van der Waals surface area contributed by atoms with E-state index in [2.05, 4.69) is 15.4 Å². The minimum atomic E-state index is -0.169. The summed E-state index contributed by atoms with van der Waals surface area (Å²) in [6.07, 6.45) is 5.45. The van der Waals surface area contributed by atoms with Gasteiger partial charge in [0.15, 0.2) is 0 Å². The molecule has 7 nitrogen and oxygen atoms in total. The first kappa shape index (κ1) is 17.7. The maximum Gasteiger partial charge on any atom is 0.221 e. The fourth-order valence-corrected chi connectivity index (χ4v) is 3.15. The average Bonchev–Trinajstić information content (AvgIpc) is 3.13. The van der Waals surface area contributed by atoms with Crippen molar-refractivity contribution in [1.82, 2.24) is 19.7 Å². The first-order chi connectivity index (χ1) is 13.5. The zero-order valence-electron chi connectivity index (χ0n) is 15.8. The minimum absolute atomic E-state index is 0.169. The predicted octanol–water partition coefficient (Wildman–Crippen LogP) is 3.66. The Morgan fingerprint density at radius 1 is 1.18 bits per heavy atom. The van der Waals surface area contributed by atoms with Crippen molar-refractivity contribution in [3.63, 3.8) is 0 Å². The fourth-order valence-electron chi connectivity index (χ4n) is 3.15. The number of ether oxygens (including phenoxy) is 1. The number of fused-ring (bicyclic) bond motifs is 1. The molecule has 0 unspecified atom stereocenters. The highest BCUT2D eigenvalue weighted by Gasteiger charge is 2.15. The number of benzene rings is 1. The fraction of sp³-hybridized carbons (Fsp3) is 0.143. The molecule has 0 aliphatic carbocycles. The van der Waals surface area contributed by atoms with Gasteiger partial charge in [-0.05, 0) is 24.3 Å². The van der Waals surface area contributed by atoms with E-state index in [-0.39, 0.29) is 5.91 Å². The van der Waals surface area contributed by atoms with E-state index in [1.165, 1.54) is 6.92 Å². The van der Waals surface area contributed by atoms with Gasteiger partial charge in [0.25, 0.3) is 0 Å². The average molecular weight is 373 g/mol. The highest BCUT2D eigenvalue weighted by molar-refractivity contribution is 6.01. The van der Waals surface area contributed by atoms with Crippen LogP contribution in [0.1, 0.15) is 6.92 Å². The Kier molecular flexibility index (Phi) is 4.49. The molecule has 1 N–H and O–H groups in total. The van der Waals surface area contributed by atoms with Crippen molar-refractivity contribution in [3.05, 3.63) is 55.0 Å². The molecule has 3 heterocycles. The van der Waals surface area contributed by atoms with Gasteiger partial charge in [-0.1, -0.05) is 6.07 Å². The summed E-state index contributed by atoms with van der Waals surface area (Å²) >= 11 is 0. The summed E-state index contributed by atoms with van der Waals surface area (Å²) in [4.78, 5) is 20.9. The van der Waals surface area contributed by atoms with Gasteiger partial charge < -0.3 is 10.1 Å². The number of amides is 1. The third-order valence-corrected chi connectivity index (χ3v) is 4.38. The predicted molar refractivity (Wildman–Crippen MR) is 108 cm³/mol. The lowest BCUT2D eigenvalue weighted by atomic mass is 10.0.